The minimum absolute atomic E-state index is 0.151. The number of ketones is 1. The van der Waals surface area contributed by atoms with Crippen LogP contribution in [-0.2, 0) is 4.79 Å². The van der Waals surface area contributed by atoms with Crippen LogP contribution in [0.2, 0.25) is 0 Å². The number of thiophene rings is 1. The van der Waals surface area contributed by atoms with E-state index in [1.165, 1.54) is 28.5 Å². The van der Waals surface area contributed by atoms with Gasteiger partial charge >= 0.3 is 6.18 Å². The summed E-state index contributed by atoms with van der Waals surface area (Å²) in [6.07, 6.45) is -2.39. The highest BCUT2D eigenvalue weighted by molar-refractivity contribution is 7.17. The van der Waals surface area contributed by atoms with E-state index >= 15 is 0 Å². The van der Waals surface area contributed by atoms with Gasteiger partial charge in [0.25, 0.3) is 5.91 Å². The number of nitrogens with zero attached hydrogens (tertiary/aromatic N) is 4. The molecule has 0 radical (unpaired) electrons. The van der Waals surface area contributed by atoms with Crippen molar-refractivity contribution >= 4 is 39.2 Å². The Kier molecular flexibility index (Phi) is 5.73. The first-order valence-corrected chi connectivity index (χ1v) is 12.0. The summed E-state index contributed by atoms with van der Waals surface area (Å²) in [4.78, 5) is 39.6. The molecule has 12 heteroatoms. The van der Waals surface area contributed by atoms with Crippen molar-refractivity contribution in [1.82, 2.24) is 19.9 Å². The van der Waals surface area contributed by atoms with Gasteiger partial charge in [0.1, 0.15) is 17.0 Å². The summed E-state index contributed by atoms with van der Waals surface area (Å²) in [6, 6.07) is 2.70. The second kappa shape index (κ2) is 8.51. The first-order valence-electron chi connectivity index (χ1n) is 11.1. The third-order valence-electron chi connectivity index (χ3n) is 6.62. The fourth-order valence-corrected chi connectivity index (χ4v) is 5.14. The Bertz CT molecular complexity index is 1300. The van der Waals surface area contributed by atoms with Crippen molar-refractivity contribution in [1.29, 1.82) is 0 Å². The van der Waals surface area contributed by atoms with E-state index in [1.807, 2.05) is 0 Å². The Morgan fingerprint density at radius 3 is 2.66 bits per heavy atom. The molecular formula is C23H21F4N5O2S. The Morgan fingerprint density at radius 1 is 1.26 bits per heavy atom. The fourth-order valence-electron chi connectivity index (χ4n) is 4.33. The molecule has 0 aromatic carbocycles. The molecule has 0 spiro atoms. The van der Waals surface area contributed by atoms with Crippen LogP contribution in [0.3, 0.4) is 0 Å². The van der Waals surface area contributed by atoms with E-state index in [0.29, 0.717) is 15.8 Å². The molecule has 1 amide bonds. The summed E-state index contributed by atoms with van der Waals surface area (Å²) in [5.41, 5.74) is -0.861. The van der Waals surface area contributed by atoms with Crippen molar-refractivity contribution < 1.29 is 27.2 Å². The molecule has 0 unspecified atom stereocenters. The Labute approximate surface area is 201 Å². The number of halogens is 4. The first-order chi connectivity index (χ1) is 16.6. The van der Waals surface area contributed by atoms with Crippen molar-refractivity contribution in [2.45, 2.75) is 38.4 Å². The molecular weight excluding hydrogens is 486 g/mol. The smallest absolute Gasteiger partial charge is 0.348 e. The number of amides is 1. The monoisotopic (exact) mass is 507 g/mol. The summed E-state index contributed by atoms with van der Waals surface area (Å²) in [5.74, 6) is -1.75. The summed E-state index contributed by atoms with van der Waals surface area (Å²) >= 11 is 1.31. The van der Waals surface area contributed by atoms with E-state index < -0.39 is 23.2 Å². The standard InChI is InChI=1S/C23H21F4N5O2S/c1-12(14-7-15(24)9-28-8-14)29-21-30-16-2-5-35-19(16)18(31-21)20(34)32-10-13(11-32)6-17(33)22(3-4-22)23(25,26)27/h2,5,7-9,12-13H,3-4,6,10-11H2,1H3,(H,29,30,31)/t12-/m0/s1. The lowest BCUT2D eigenvalue weighted by molar-refractivity contribution is -0.191. The van der Waals surface area contributed by atoms with Crippen molar-refractivity contribution in [2.24, 2.45) is 11.3 Å². The number of anilines is 1. The van der Waals surface area contributed by atoms with Gasteiger partial charge in [0.15, 0.2) is 5.69 Å². The molecule has 0 bridgehead atoms. The van der Waals surface area contributed by atoms with Crippen LogP contribution < -0.4 is 5.32 Å². The van der Waals surface area contributed by atoms with E-state index in [4.69, 9.17) is 0 Å². The van der Waals surface area contributed by atoms with E-state index in [0.717, 1.165) is 6.20 Å². The maximum absolute atomic E-state index is 13.5. The highest BCUT2D eigenvalue weighted by Gasteiger charge is 2.67. The lowest BCUT2D eigenvalue weighted by atomic mass is 9.87. The maximum atomic E-state index is 13.5. The number of carbonyl (C=O) groups excluding carboxylic acids is 2. The lowest BCUT2D eigenvalue weighted by Gasteiger charge is -2.39. The quantitative estimate of drug-likeness (QED) is 0.464. The van der Waals surface area contributed by atoms with Crippen LogP contribution in [0.5, 0.6) is 0 Å². The van der Waals surface area contributed by atoms with E-state index in [9.17, 15) is 27.2 Å². The third-order valence-corrected chi connectivity index (χ3v) is 7.53. The molecule has 4 heterocycles. The molecule has 1 saturated heterocycles. The average Bonchev–Trinajstić information content (AvgIpc) is 3.48. The number of Topliss-reactive ketones (excluding diaryl/α,β-unsaturated/α-hetero) is 1. The summed E-state index contributed by atoms with van der Waals surface area (Å²) < 4.78 is 53.7. The van der Waals surface area contributed by atoms with Crippen LogP contribution in [0.25, 0.3) is 10.2 Å². The van der Waals surface area contributed by atoms with Crippen molar-refractivity contribution in [3.63, 3.8) is 0 Å². The molecule has 1 N–H and O–H groups in total. The van der Waals surface area contributed by atoms with Crippen molar-refractivity contribution in [2.75, 3.05) is 18.4 Å². The van der Waals surface area contributed by atoms with Crippen LogP contribution in [0.4, 0.5) is 23.5 Å². The normalized spacial score (nSPS) is 18.3. The molecule has 184 valence electrons. The van der Waals surface area contributed by atoms with Gasteiger partial charge in [-0.15, -0.1) is 11.3 Å². The number of alkyl halides is 3. The van der Waals surface area contributed by atoms with Crippen LogP contribution in [0, 0.1) is 17.2 Å². The van der Waals surface area contributed by atoms with Gasteiger partial charge in [0.2, 0.25) is 5.95 Å². The largest absolute Gasteiger partial charge is 0.401 e. The second-order valence-corrected chi connectivity index (χ2v) is 10.0. The number of aromatic nitrogens is 3. The molecule has 7 nitrogen and oxygen atoms in total. The molecule has 5 rings (SSSR count). The van der Waals surface area contributed by atoms with Gasteiger partial charge in [-0.25, -0.2) is 14.4 Å². The lowest BCUT2D eigenvalue weighted by Crippen LogP contribution is -2.51. The van der Waals surface area contributed by atoms with Crippen LogP contribution in [0.1, 0.15) is 48.3 Å². The van der Waals surface area contributed by atoms with Crippen molar-refractivity contribution in [3.05, 3.63) is 47.0 Å². The molecule has 1 aliphatic heterocycles. The number of fused-ring (bicyclic) bond motifs is 1. The summed E-state index contributed by atoms with van der Waals surface area (Å²) in [6.45, 7) is 2.18. The average molecular weight is 508 g/mol. The predicted molar refractivity (Wildman–Crippen MR) is 120 cm³/mol. The fraction of sp³-hybridized carbons (Fsp3) is 0.435. The van der Waals surface area contributed by atoms with Crippen LogP contribution >= 0.6 is 11.3 Å². The van der Waals surface area contributed by atoms with E-state index in [1.54, 1.807) is 18.4 Å². The molecule has 1 saturated carbocycles. The van der Waals surface area contributed by atoms with Gasteiger partial charge < -0.3 is 10.2 Å². The second-order valence-electron chi connectivity index (χ2n) is 9.12. The van der Waals surface area contributed by atoms with E-state index in [2.05, 4.69) is 20.3 Å². The van der Waals surface area contributed by atoms with Crippen molar-refractivity contribution in [3.8, 4) is 0 Å². The molecule has 3 aromatic rings. The Hall–Kier alpha value is -3.15. The highest BCUT2D eigenvalue weighted by Crippen LogP contribution is 2.59. The number of hydrogen-bond donors (Lipinski definition) is 1. The number of pyridine rings is 1. The van der Waals surface area contributed by atoms with Gasteiger partial charge in [-0.1, -0.05) is 0 Å². The highest BCUT2D eigenvalue weighted by atomic mass is 32.1. The van der Waals surface area contributed by atoms with Gasteiger partial charge in [-0.2, -0.15) is 13.2 Å². The molecule has 3 aromatic heterocycles. The summed E-state index contributed by atoms with van der Waals surface area (Å²) in [7, 11) is 0. The third kappa shape index (κ3) is 4.35. The van der Waals surface area contributed by atoms with E-state index in [-0.39, 0.29) is 61.9 Å². The van der Waals surface area contributed by atoms with Crippen LogP contribution in [-0.4, -0.2) is 50.8 Å². The predicted octanol–water partition coefficient (Wildman–Crippen LogP) is 4.77. The zero-order valence-corrected chi connectivity index (χ0v) is 19.4. The molecule has 1 atom stereocenters. The number of hydrogen-bond acceptors (Lipinski definition) is 7. The number of nitrogens with one attached hydrogen (secondary N) is 1. The number of rotatable bonds is 7. The minimum atomic E-state index is -4.52. The van der Waals surface area contributed by atoms with Gasteiger partial charge in [-0.3, -0.25) is 14.6 Å². The maximum Gasteiger partial charge on any atom is 0.401 e. The molecule has 2 aliphatic rings. The van der Waals surface area contributed by atoms with Gasteiger partial charge in [-0.05, 0) is 42.8 Å². The zero-order valence-electron chi connectivity index (χ0n) is 18.6. The first kappa shape index (κ1) is 23.6. The van der Waals surface area contributed by atoms with Gasteiger partial charge in [0.05, 0.1) is 22.5 Å². The Morgan fingerprint density at radius 2 is 2.00 bits per heavy atom. The molecule has 2 fully saturated rings. The van der Waals surface area contributed by atoms with Crippen LogP contribution in [0.15, 0.2) is 29.9 Å². The minimum Gasteiger partial charge on any atom is -0.348 e. The SMILES string of the molecule is C[C@H](Nc1nc(C(=O)N2CC(CC(=O)C3(C(F)(F)F)CC3)C2)c2sccc2n1)c1cncc(F)c1. The molecule has 35 heavy (non-hydrogen) atoms. The van der Waals surface area contributed by atoms with Gasteiger partial charge in [0, 0.05) is 31.6 Å². The topological polar surface area (TPSA) is 88.1 Å². The zero-order chi connectivity index (χ0) is 25.0. The molecule has 1 aliphatic carbocycles. The Balaban J connectivity index is 1.28. The number of carbonyl (C=O) groups is 2. The summed E-state index contributed by atoms with van der Waals surface area (Å²) in [5, 5.41) is 4.85. The number of likely N-dealkylation sites (tertiary alicyclic amines) is 1.